The van der Waals surface area contributed by atoms with E-state index in [1.54, 1.807) is 0 Å². The van der Waals surface area contributed by atoms with Gasteiger partial charge in [-0.25, -0.2) is 0 Å². The average Bonchev–Trinajstić information content (AvgIpc) is 2.62. The number of carbonyl (C=O) groups excluding carboxylic acids is 1. The van der Waals surface area contributed by atoms with Gasteiger partial charge in [0.25, 0.3) is 0 Å². The highest BCUT2D eigenvalue weighted by atomic mass is 16.2. The van der Waals surface area contributed by atoms with Crippen molar-refractivity contribution in [2.24, 2.45) is 11.3 Å². The molecule has 0 aromatic heterocycles. The van der Waals surface area contributed by atoms with E-state index in [0.717, 1.165) is 12.8 Å². The van der Waals surface area contributed by atoms with Crippen molar-refractivity contribution < 1.29 is 4.79 Å². The Hall–Kier alpha value is -0.530. The fourth-order valence-electron chi connectivity index (χ4n) is 0.943. The number of nitrogens with one attached hydrogen (secondary N) is 1. The highest BCUT2D eigenvalue weighted by Gasteiger charge is 2.38. The number of carbonyl (C=O) groups is 1. The molecule has 1 saturated carbocycles. The highest BCUT2D eigenvalue weighted by molar-refractivity contribution is 5.81. The Morgan fingerprint density at radius 3 is 1.92 bits per heavy atom. The summed E-state index contributed by atoms with van der Waals surface area (Å²) in [6, 6.07) is 0. The molecule has 76 valence electrons. The predicted molar refractivity (Wildman–Crippen MR) is 54.4 cm³/mol. The standard InChI is InChI=1S/C11H21NO/c1-10(2,3)11(4,5)12-9(13)8-6-7-8/h8H,6-7H2,1-5H3,(H,12,13). The second kappa shape index (κ2) is 3.00. The molecule has 1 aliphatic carbocycles. The van der Waals surface area contributed by atoms with Crippen molar-refractivity contribution in [1.82, 2.24) is 5.32 Å². The van der Waals surface area contributed by atoms with Crippen LogP contribution in [0.5, 0.6) is 0 Å². The molecule has 0 unspecified atom stereocenters. The van der Waals surface area contributed by atoms with Gasteiger partial charge in [-0.05, 0) is 32.1 Å². The molecule has 1 rings (SSSR count). The van der Waals surface area contributed by atoms with E-state index in [4.69, 9.17) is 0 Å². The maximum Gasteiger partial charge on any atom is 0.223 e. The Bertz CT molecular complexity index is 209. The van der Waals surface area contributed by atoms with Gasteiger partial charge in [-0.1, -0.05) is 20.8 Å². The van der Waals surface area contributed by atoms with Crippen molar-refractivity contribution in [1.29, 1.82) is 0 Å². The van der Waals surface area contributed by atoms with Crippen LogP contribution >= 0.6 is 0 Å². The number of hydrogen-bond donors (Lipinski definition) is 1. The van der Waals surface area contributed by atoms with E-state index >= 15 is 0 Å². The lowest BCUT2D eigenvalue weighted by Gasteiger charge is -2.39. The van der Waals surface area contributed by atoms with Gasteiger partial charge in [-0.2, -0.15) is 0 Å². The largest absolute Gasteiger partial charge is 0.350 e. The third-order valence-corrected chi connectivity index (χ3v) is 3.26. The van der Waals surface area contributed by atoms with Crippen LogP contribution in [-0.4, -0.2) is 11.4 Å². The Morgan fingerprint density at radius 2 is 1.62 bits per heavy atom. The molecule has 0 bridgehead atoms. The SMILES string of the molecule is CC(C)(C)C(C)(C)NC(=O)C1CC1. The fraction of sp³-hybridized carbons (Fsp3) is 0.909. The van der Waals surface area contributed by atoms with Gasteiger partial charge in [-0.3, -0.25) is 4.79 Å². The van der Waals surface area contributed by atoms with Crippen LogP contribution in [0.25, 0.3) is 0 Å². The Labute approximate surface area is 81.1 Å². The zero-order chi connectivity index (χ0) is 10.3. The maximum atomic E-state index is 11.6. The summed E-state index contributed by atoms with van der Waals surface area (Å²) in [5.41, 5.74) is -0.00970. The molecule has 1 fully saturated rings. The molecule has 0 aliphatic heterocycles. The molecule has 0 heterocycles. The lowest BCUT2D eigenvalue weighted by atomic mass is 9.76. The second-order valence-electron chi connectivity index (χ2n) is 5.64. The quantitative estimate of drug-likeness (QED) is 0.699. The van der Waals surface area contributed by atoms with Crippen LogP contribution in [-0.2, 0) is 4.79 Å². The fourth-order valence-corrected chi connectivity index (χ4v) is 0.943. The van der Waals surface area contributed by atoms with Crippen LogP contribution < -0.4 is 5.32 Å². The molecule has 0 radical (unpaired) electrons. The summed E-state index contributed by atoms with van der Waals surface area (Å²) < 4.78 is 0. The molecule has 1 N–H and O–H groups in total. The van der Waals surface area contributed by atoms with Crippen molar-refractivity contribution in [2.45, 2.75) is 53.0 Å². The molecule has 1 amide bonds. The van der Waals surface area contributed by atoms with Crippen molar-refractivity contribution in [3.63, 3.8) is 0 Å². The number of amides is 1. The van der Waals surface area contributed by atoms with Gasteiger partial charge >= 0.3 is 0 Å². The summed E-state index contributed by atoms with van der Waals surface area (Å²) in [5.74, 6) is 0.543. The number of rotatable bonds is 2. The van der Waals surface area contributed by atoms with Crippen molar-refractivity contribution >= 4 is 5.91 Å². The first-order valence-electron chi connectivity index (χ1n) is 5.06. The zero-order valence-electron chi connectivity index (χ0n) is 9.40. The van der Waals surface area contributed by atoms with E-state index in [2.05, 4.69) is 39.9 Å². The van der Waals surface area contributed by atoms with Gasteiger partial charge in [0.05, 0.1) is 0 Å². The molecule has 13 heavy (non-hydrogen) atoms. The third-order valence-electron chi connectivity index (χ3n) is 3.26. The van der Waals surface area contributed by atoms with Crippen molar-refractivity contribution in [3.05, 3.63) is 0 Å². The van der Waals surface area contributed by atoms with Gasteiger partial charge < -0.3 is 5.32 Å². The average molecular weight is 183 g/mol. The Balaban J connectivity index is 2.55. The summed E-state index contributed by atoms with van der Waals surface area (Å²) in [4.78, 5) is 11.6. The molecule has 0 aromatic carbocycles. The van der Waals surface area contributed by atoms with Gasteiger partial charge in [-0.15, -0.1) is 0 Å². The molecule has 2 nitrogen and oxygen atoms in total. The summed E-state index contributed by atoms with van der Waals surface area (Å²) in [7, 11) is 0. The van der Waals surface area contributed by atoms with Crippen LogP contribution in [0.15, 0.2) is 0 Å². The van der Waals surface area contributed by atoms with Crippen LogP contribution in [0.4, 0.5) is 0 Å². The zero-order valence-corrected chi connectivity index (χ0v) is 9.40. The van der Waals surface area contributed by atoms with Crippen molar-refractivity contribution in [3.8, 4) is 0 Å². The van der Waals surface area contributed by atoms with E-state index in [0.29, 0.717) is 5.92 Å². The van der Waals surface area contributed by atoms with E-state index < -0.39 is 0 Å². The van der Waals surface area contributed by atoms with Gasteiger partial charge in [0.15, 0.2) is 0 Å². The third kappa shape index (κ3) is 2.45. The van der Waals surface area contributed by atoms with E-state index in [1.165, 1.54) is 0 Å². The molecule has 0 atom stereocenters. The smallest absolute Gasteiger partial charge is 0.223 e. The molecule has 0 aromatic rings. The van der Waals surface area contributed by atoms with E-state index in [-0.39, 0.29) is 16.9 Å². The lowest BCUT2D eigenvalue weighted by Crippen LogP contribution is -2.52. The van der Waals surface area contributed by atoms with Crippen LogP contribution in [0.3, 0.4) is 0 Å². The van der Waals surface area contributed by atoms with E-state index in [9.17, 15) is 4.79 Å². The summed E-state index contributed by atoms with van der Waals surface area (Å²) in [5, 5.41) is 3.12. The van der Waals surface area contributed by atoms with Crippen LogP contribution in [0.1, 0.15) is 47.5 Å². The highest BCUT2D eigenvalue weighted by Crippen LogP contribution is 2.33. The summed E-state index contributed by atoms with van der Waals surface area (Å²) in [6.07, 6.45) is 2.15. The molecular weight excluding hydrogens is 162 g/mol. The monoisotopic (exact) mass is 183 g/mol. The molecule has 0 saturated heterocycles. The minimum Gasteiger partial charge on any atom is -0.350 e. The minimum absolute atomic E-state index is 0.109. The Morgan fingerprint density at radius 1 is 1.15 bits per heavy atom. The summed E-state index contributed by atoms with van der Waals surface area (Å²) >= 11 is 0. The minimum atomic E-state index is -0.118. The topological polar surface area (TPSA) is 29.1 Å². The number of hydrogen-bond acceptors (Lipinski definition) is 1. The second-order valence-corrected chi connectivity index (χ2v) is 5.64. The first-order valence-corrected chi connectivity index (χ1v) is 5.06. The van der Waals surface area contributed by atoms with Gasteiger partial charge in [0.1, 0.15) is 0 Å². The lowest BCUT2D eigenvalue weighted by molar-refractivity contribution is -0.125. The Kier molecular flexibility index (Phi) is 2.44. The molecular formula is C11H21NO. The van der Waals surface area contributed by atoms with E-state index in [1.807, 2.05) is 0 Å². The first kappa shape index (κ1) is 10.6. The van der Waals surface area contributed by atoms with Crippen LogP contribution in [0.2, 0.25) is 0 Å². The van der Waals surface area contributed by atoms with Crippen molar-refractivity contribution in [2.75, 3.05) is 0 Å². The molecule has 2 heteroatoms. The molecule has 1 aliphatic rings. The molecule has 0 spiro atoms. The first-order chi connectivity index (χ1) is 5.74. The summed E-state index contributed by atoms with van der Waals surface area (Å²) in [6.45, 7) is 10.6. The van der Waals surface area contributed by atoms with Gasteiger partial charge in [0.2, 0.25) is 5.91 Å². The normalized spacial score (nSPS) is 18.5. The van der Waals surface area contributed by atoms with Crippen LogP contribution in [0, 0.1) is 11.3 Å². The maximum absolute atomic E-state index is 11.6. The predicted octanol–water partition coefficient (Wildman–Crippen LogP) is 2.34. The van der Waals surface area contributed by atoms with Gasteiger partial charge in [0, 0.05) is 11.5 Å².